The van der Waals surface area contributed by atoms with E-state index < -0.39 is 28.5 Å². The van der Waals surface area contributed by atoms with E-state index >= 15 is 0 Å². The predicted molar refractivity (Wildman–Crippen MR) is 123 cm³/mol. The van der Waals surface area contributed by atoms with Crippen molar-refractivity contribution in [3.8, 4) is 5.88 Å². The zero-order chi connectivity index (χ0) is 24.0. The van der Waals surface area contributed by atoms with Crippen LogP contribution in [0.3, 0.4) is 0 Å². The summed E-state index contributed by atoms with van der Waals surface area (Å²) in [6.07, 6.45) is 7.68. The molecule has 1 aliphatic carbocycles. The average Bonchev–Trinajstić information content (AvgIpc) is 3.29. The number of nitrogens with one attached hydrogen (secondary N) is 1. The highest BCUT2D eigenvalue weighted by Crippen LogP contribution is 2.36. The molecule has 2 atom stereocenters. The summed E-state index contributed by atoms with van der Waals surface area (Å²) < 4.78 is 29.0. The number of ether oxygens (including phenoxy) is 1. The minimum absolute atomic E-state index is 0.0284. The molecule has 0 spiro atoms. The van der Waals surface area contributed by atoms with Crippen molar-refractivity contribution >= 4 is 33.2 Å². The van der Waals surface area contributed by atoms with Gasteiger partial charge in [-0.1, -0.05) is 43.4 Å². The van der Waals surface area contributed by atoms with Crippen LogP contribution in [0.1, 0.15) is 43.6 Å². The fraction of sp³-hybridized carbons (Fsp3) is 0.500. The molecule has 33 heavy (non-hydrogen) atoms. The standard InChI is InChI=1S/C22H28ClN3O6S/c1-33(30,31)19-7-6-15(9-18(19)23)17(8-14-4-2-3-5-14)22(29)26-20-10-25-21(11-24-20)32-13-16(28)12-27/h6-7,9-11,14,16-17,27-28H,2-5,8,12-13H2,1H3,(H,24,26,29)/t16-,17?/m0/s1. The molecule has 11 heteroatoms. The van der Waals surface area contributed by atoms with Gasteiger partial charge >= 0.3 is 0 Å². The zero-order valence-corrected chi connectivity index (χ0v) is 19.8. The molecule has 0 aliphatic heterocycles. The van der Waals surface area contributed by atoms with Crippen LogP contribution < -0.4 is 10.1 Å². The number of anilines is 1. The first kappa shape index (κ1) is 25.4. The topological polar surface area (TPSA) is 139 Å². The van der Waals surface area contributed by atoms with Crippen molar-refractivity contribution in [2.45, 2.75) is 49.0 Å². The smallest absolute Gasteiger partial charge is 0.233 e. The third kappa shape index (κ3) is 7.10. The number of carbonyl (C=O) groups is 1. The number of carbonyl (C=O) groups excluding carboxylic acids is 1. The Morgan fingerprint density at radius 2 is 2.00 bits per heavy atom. The highest BCUT2D eigenvalue weighted by atomic mass is 35.5. The Kier molecular flexibility index (Phi) is 8.63. The van der Waals surface area contributed by atoms with Crippen LogP contribution in [0.4, 0.5) is 5.82 Å². The van der Waals surface area contributed by atoms with Crippen molar-refractivity contribution in [3.05, 3.63) is 41.2 Å². The molecule has 180 valence electrons. The molecule has 0 radical (unpaired) electrons. The van der Waals surface area contributed by atoms with Crippen molar-refractivity contribution in [3.63, 3.8) is 0 Å². The molecule has 3 N–H and O–H groups in total. The molecule has 0 saturated heterocycles. The SMILES string of the molecule is CS(=O)(=O)c1ccc(C(CC2CCCC2)C(=O)Nc2cnc(OC[C@@H](O)CO)cn2)cc1Cl. The van der Waals surface area contributed by atoms with Crippen molar-refractivity contribution < 1.29 is 28.2 Å². The molecule has 0 bridgehead atoms. The molecule has 1 saturated carbocycles. The minimum atomic E-state index is -3.48. The highest BCUT2D eigenvalue weighted by Gasteiger charge is 2.28. The molecule has 1 aliphatic rings. The van der Waals surface area contributed by atoms with E-state index in [1.54, 1.807) is 12.1 Å². The molecule has 1 fully saturated rings. The Labute approximate surface area is 198 Å². The van der Waals surface area contributed by atoms with Gasteiger partial charge in [-0.25, -0.2) is 18.4 Å². The maximum Gasteiger partial charge on any atom is 0.233 e. The van der Waals surface area contributed by atoms with E-state index in [1.807, 2.05) is 0 Å². The molecule has 1 amide bonds. The van der Waals surface area contributed by atoms with Gasteiger partial charge < -0.3 is 20.3 Å². The van der Waals surface area contributed by atoms with E-state index in [4.69, 9.17) is 21.4 Å². The molecule has 9 nitrogen and oxygen atoms in total. The second-order valence-corrected chi connectivity index (χ2v) is 10.7. The average molecular weight is 498 g/mol. The van der Waals surface area contributed by atoms with Gasteiger partial charge in [-0.2, -0.15) is 0 Å². The van der Waals surface area contributed by atoms with E-state index in [0.717, 1.165) is 31.9 Å². The second kappa shape index (κ2) is 11.2. The van der Waals surface area contributed by atoms with Gasteiger partial charge in [-0.3, -0.25) is 4.79 Å². The number of nitrogens with zero attached hydrogens (tertiary/aromatic N) is 2. The summed E-state index contributed by atoms with van der Waals surface area (Å²) in [4.78, 5) is 21.4. The summed E-state index contributed by atoms with van der Waals surface area (Å²) in [6, 6.07) is 4.62. The Bertz CT molecular complexity index is 1060. The number of halogens is 1. The van der Waals surface area contributed by atoms with Crippen LogP contribution in [0.15, 0.2) is 35.5 Å². The summed E-state index contributed by atoms with van der Waals surface area (Å²) in [5.41, 5.74) is 0.641. The maximum atomic E-state index is 13.2. The van der Waals surface area contributed by atoms with E-state index in [2.05, 4.69) is 15.3 Å². The molecular weight excluding hydrogens is 470 g/mol. The Morgan fingerprint density at radius 1 is 1.27 bits per heavy atom. The number of benzene rings is 1. The summed E-state index contributed by atoms with van der Waals surface area (Å²) in [6.45, 7) is -0.566. The van der Waals surface area contributed by atoms with Crippen LogP contribution in [0.5, 0.6) is 5.88 Å². The van der Waals surface area contributed by atoms with Gasteiger partial charge in [0.1, 0.15) is 12.7 Å². The second-order valence-electron chi connectivity index (χ2n) is 8.28. The fourth-order valence-electron chi connectivity index (χ4n) is 3.91. The lowest BCUT2D eigenvalue weighted by Crippen LogP contribution is -2.24. The van der Waals surface area contributed by atoms with Gasteiger partial charge in [0, 0.05) is 6.26 Å². The number of rotatable bonds is 10. The third-order valence-corrected chi connectivity index (χ3v) is 7.21. The molecule has 1 unspecified atom stereocenters. The zero-order valence-electron chi connectivity index (χ0n) is 18.3. The molecule has 1 aromatic heterocycles. The number of amides is 1. The van der Waals surface area contributed by atoms with Crippen molar-refractivity contribution in [1.82, 2.24) is 9.97 Å². The summed E-state index contributed by atoms with van der Waals surface area (Å²) in [5.74, 6) is -0.0502. The van der Waals surface area contributed by atoms with Crippen LogP contribution in [-0.2, 0) is 14.6 Å². The lowest BCUT2D eigenvalue weighted by Gasteiger charge is -2.21. The number of aliphatic hydroxyl groups excluding tert-OH is 2. The number of hydrogen-bond acceptors (Lipinski definition) is 8. The van der Waals surface area contributed by atoms with E-state index in [0.29, 0.717) is 17.9 Å². The molecule has 2 aromatic rings. The quantitative estimate of drug-likeness (QED) is 0.455. The molecular formula is C22H28ClN3O6S. The van der Waals surface area contributed by atoms with Crippen LogP contribution in [-0.4, -0.2) is 60.1 Å². The number of aliphatic hydroxyl groups is 2. The van der Waals surface area contributed by atoms with Gasteiger partial charge in [-0.05, 0) is 30.0 Å². The van der Waals surface area contributed by atoms with Gasteiger partial charge in [0.25, 0.3) is 0 Å². The Hall–Kier alpha value is -2.27. The molecule has 1 heterocycles. The fourth-order valence-corrected chi connectivity index (χ4v) is 5.25. The van der Waals surface area contributed by atoms with Gasteiger partial charge in [0.15, 0.2) is 15.7 Å². The first-order valence-corrected chi connectivity index (χ1v) is 13.0. The molecule has 3 rings (SSSR count). The largest absolute Gasteiger partial charge is 0.474 e. The normalized spacial score (nSPS) is 16.4. The van der Waals surface area contributed by atoms with Crippen LogP contribution in [0.2, 0.25) is 5.02 Å². The van der Waals surface area contributed by atoms with Gasteiger partial charge in [0.2, 0.25) is 11.8 Å². The first-order chi connectivity index (χ1) is 15.7. The monoisotopic (exact) mass is 497 g/mol. The predicted octanol–water partition coefficient (Wildman–Crippen LogP) is 2.57. The highest BCUT2D eigenvalue weighted by molar-refractivity contribution is 7.90. The minimum Gasteiger partial charge on any atom is -0.474 e. The Balaban J connectivity index is 1.76. The van der Waals surface area contributed by atoms with Crippen LogP contribution in [0, 0.1) is 5.92 Å². The van der Waals surface area contributed by atoms with Crippen molar-refractivity contribution in [2.75, 3.05) is 24.8 Å². The van der Waals surface area contributed by atoms with Gasteiger partial charge in [-0.15, -0.1) is 0 Å². The Morgan fingerprint density at radius 3 is 2.58 bits per heavy atom. The first-order valence-electron chi connectivity index (χ1n) is 10.7. The summed E-state index contributed by atoms with van der Waals surface area (Å²) in [5, 5.41) is 21.0. The molecule has 1 aromatic carbocycles. The number of hydrogen-bond donors (Lipinski definition) is 3. The third-order valence-electron chi connectivity index (χ3n) is 5.63. The van der Waals surface area contributed by atoms with E-state index in [9.17, 15) is 18.3 Å². The lowest BCUT2D eigenvalue weighted by atomic mass is 9.87. The summed E-state index contributed by atoms with van der Waals surface area (Å²) in [7, 11) is -3.48. The van der Waals surface area contributed by atoms with Gasteiger partial charge in [0.05, 0.1) is 34.8 Å². The lowest BCUT2D eigenvalue weighted by molar-refractivity contribution is -0.118. The maximum absolute atomic E-state index is 13.2. The van der Waals surface area contributed by atoms with Crippen molar-refractivity contribution in [2.24, 2.45) is 5.92 Å². The van der Waals surface area contributed by atoms with Crippen molar-refractivity contribution in [1.29, 1.82) is 0 Å². The van der Waals surface area contributed by atoms with E-state index in [1.165, 1.54) is 18.5 Å². The number of aromatic nitrogens is 2. The van der Waals surface area contributed by atoms with Crippen LogP contribution >= 0.6 is 11.6 Å². The summed E-state index contributed by atoms with van der Waals surface area (Å²) >= 11 is 6.24. The number of sulfone groups is 1. The van der Waals surface area contributed by atoms with Crippen LogP contribution in [0.25, 0.3) is 0 Å². The van der Waals surface area contributed by atoms with E-state index in [-0.39, 0.29) is 34.1 Å².